The Labute approximate surface area is 125 Å². The largest absolute Gasteiger partial charge is 0.352 e. The second-order valence-electron chi connectivity index (χ2n) is 6.38. The number of aromatic nitrogens is 3. The summed E-state index contributed by atoms with van der Waals surface area (Å²) in [6.07, 6.45) is 8.15. The summed E-state index contributed by atoms with van der Waals surface area (Å²) in [7, 11) is 0. The Morgan fingerprint density at radius 2 is 2.14 bits per heavy atom. The molecule has 5 nitrogen and oxygen atoms in total. The molecule has 2 aromatic rings. The third kappa shape index (κ3) is 2.29. The lowest BCUT2D eigenvalue weighted by Crippen LogP contribution is -2.51. The quantitative estimate of drug-likeness (QED) is 0.918. The van der Waals surface area contributed by atoms with E-state index in [-0.39, 0.29) is 0 Å². The molecule has 2 aliphatic heterocycles. The van der Waals surface area contributed by atoms with E-state index >= 15 is 0 Å². The van der Waals surface area contributed by atoms with Gasteiger partial charge in [0, 0.05) is 18.6 Å². The number of rotatable bonds is 2. The molecule has 2 fully saturated rings. The zero-order chi connectivity index (χ0) is 14.2. The number of anilines is 1. The van der Waals surface area contributed by atoms with Crippen molar-refractivity contribution in [2.75, 3.05) is 18.0 Å². The van der Waals surface area contributed by atoms with E-state index in [1.807, 2.05) is 4.52 Å². The SMILES string of the molecule is Cc1cc(N2CCCCC2C2CCCN2)n2ncnc2c1. The Hall–Kier alpha value is -1.62. The van der Waals surface area contributed by atoms with Crippen LogP contribution in [0.4, 0.5) is 5.82 Å². The Balaban J connectivity index is 1.75. The highest BCUT2D eigenvalue weighted by atomic mass is 15.4. The Morgan fingerprint density at radius 3 is 3.00 bits per heavy atom. The molecule has 0 bridgehead atoms. The van der Waals surface area contributed by atoms with Crippen LogP contribution < -0.4 is 10.2 Å². The van der Waals surface area contributed by atoms with Crippen LogP contribution in [0.1, 0.15) is 37.7 Å². The summed E-state index contributed by atoms with van der Waals surface area (Å²) in [6, 6.07) is 5.58. The van der Waals surface area contributed by atoms with Crippen molar-refractivity contribution in [1.82, 2.24) is 19.9 Å². The minimum atomic E-state index is 0.593. The molecular formula is C16H23N5. The average Bonchev–Trinajstić information content (AvgIpc) is 3.17. The highest BCUT2D eigenvalue weighted by molar-refractivity contribution is 5.54. The lowest BCUT2D eigenvalue weighted by molar-refractivity contribution is 0.374. The van der Waals surface area contributed by atoms with Crippen molar-refractivity contribution >= 4 is 11.5 Å². The van der Waals surface area contributed by atoms with Crippen LogP contribution in [0.15, 0.2) is 18.5 Å². The van der Waals surface area contributed by atoms with Crippen LogP contribution in [0.5, 0.6) is 0 Å². The number of fused-ring (bicyclic) bond motifs is 1. The van der Waals surface area contributed by atoms with Crippen LogP contribution in [0.2, 0.25) is 0 Å². The third-order valence-electron chi connectivity index (χ3n) is 4.91. The molecule has 0 aromatic carbocycles. The number of hydrogen-bond acceptors (Lipinski definition) is 4. The number of hydrogen-bond donors (Lipinski definition) is 1. The minimum Gasteiger partial charge on any atom is -0.352 e. The fourth-order valence-electron chi connectivity index (χ4n) is 3.94. The van der Waals surface area contributed by atoms with Crippen LogP contribution in [-0.2, 0) is 0 Å². The first kappa shape index (κ1) is 13.1. The summed E-state index contributed by atoms with van der Waals surface area (Å²) in [5, 5.41) is 8.14. The van der Waals surface area contributed by atoms with Crippen LogP contribution in [0, 0.1) is 6.92 Å². The van der Waals surface area contributed by atoms with Gasteiger partial charge in [0.1, 0.15) is 12.1 Å². The molecule has 4 heterocycles. The standard InChI is InChI=1S/C16H23N5/c1-12-9-15-18-11-19-21(15)16(10-12)20-8-3-2-6-14(20)13-5-4-7-17-13/h9-11,13-14,17H,2-8H2,1H3. The maximum atomic E-state index is 4.44. The Morgan fingerprint density at radius 1 is 1.19 bits per heavy atom. The second kappa shape index (κ2) is 5.30. The normalized spacial score (nSPS) is 26.6. The number of nitrogens with zero attached hydrogens (tertiary/aromatic N) is 4. The van der Waals surface area contributed by atoms with Gasteiger partial charge < -0.3 is 10.2 Å². The molecule has 0 spiro atoms. The van der Waals surface area contributed by atoms with Gasteiger partial charge in [-0.2, -0.15) is 9.61 Å². The molecule has 112 valence electrons. The van der Waals surface area contributed by atoms with E-state index in [4.69, 9.17) is 0 Å². The average molecular weight is 285 g/mol. The summed E-state index contributed by atoms with van der Waals surface area (Å²) >= 11 is 0. The van der Waals surface area contributed by atoms with Crippen molar-refractivity contribution in [3.8, 4) is 0 Å². The van der Waals surface area contributed by atoms with Crippen LogP contribution in [0.25, 0.3) is 5.65 Å². The smallest absolute Gasteiger partial charge is 0.157 e. The summed E-state index contributed by atoms with van der Waals surface area (Å²) in [5.74, 6) is 1.21. The molecule has 4 rings (SSSR count). The molecule has 2 unspecified atom stereocenters. The van der Waals surface area contributed by atoms with Crippen molar-refractivity contribution in [3.63, 3.8) is 0 Å². The molecule has 0 radical (unpaired) electrons. The number of aryl methyl sites for hydroxylation is 1. The second-order valence-corrected chi connectivity index (χ2v) is 6.38. The van der Waals surface area contributed by atoms with Crippen molar-refractivity contribution in [2.45, 2.75) is 51.1 Å². The zero-order valence-electron chi connectivity index (χ0n) is 12.6. The summed E-state index contributed by atoms with van der Waals surface area (Å²) < 4.78 is 2.00. The summed E-state index contributed by atoms with van der Waals surface area (Å²) in [5.41, 5.74) is 2.21. The van der Waals surface area contributed by atoms with Gasteiger partial charge in [0.05, 0.1) is 0 Å². The van der Waals surface area contributed by atoms with Gasteiger partial charge >= 0.3 is 0 Å². The monoisotopic (exact) mass is 285 g/mol. The molecule has 2 aliphatic rings. The van der Waals surface area contributed by atoms with E-state index in [1.54, 1.807) is 6.33 Å². The van der Waals surface area contributed by atoms with Gasteiger partial charge in [-0.15, -0.1) is 0 Å². The zero-order valence-corrected chi connectivity index (χ0v) is 12.6. The summed E-state index contributed by atoms with van der Waals surface area (Å²) in [4.78, 5) is 6.94. The van der Waals surface area contributed by atoms with Gasteiger partial charge in [0.15, 0.2) is 5.65 Å². The number of pyridine rings is 1. The maximum absolute atomic E-state index is 4.44. The van der Waals surface area contributed by atoms with Crippen molar-refractivity contribution in [3.05, 3.63) is 24.0 Å². The molecule has 21 heavy (non-hydrogen) atoms. The molecule has 5 heteroatoms. The van der Waals surface area contributed by atoms with E-state index in [2.05, 4.69) is 39.4 Å². The molecule has 2 aromatic heterocycles. The van der Waals surface area contributed by atoms with Crippen molar-refractivity contribution in [1.29, 1.82) is 0 Å². The minimum absolute atomic E-state index is 0.593. The molecule has 0 amide bonds. The van der Waals surface area contributed by atoms with Gasteiger partial charge in [0.2, 0.25) is 0 Å². The molecule has 0 saturated carbocycles. The van der Waals surface area contributed by atoms with Gasteiger partial charge in [0.25, 0.3) is 0 Å². The topological polar surface area (TPSA) is 45.5 Å². The van der Waals surface area contributed by atoms with Crippen molar-refractivity contribution < 1.29 is 0 Å². The Kier molecular flexibility index (Phi) is 3.30. The van der Waals surface area contributed by atoms with E-state index in [9.17, 15) is 0 Å². The number of nitrogens with one attached hydrogen (secondary N) is 1. The molecule has 1 N–H and O–H groups in total. The fourth-order valence-corrected chi connectivity index (χ4v) is 3.94. The maximum Gasteiger partial charge on any atom is 0.157 e. The Bertz CT molecular complexity index is 629. The van der Waals surface area contributed by atoms with Crippen LogP contribution in [-0.4, -0.2) is 39.8 Å². The van der Waals surface area contributed by atoms with Gasteiger partial charge in [-0.25, -0.2) is 4.98 Å². The van der Waals surface area contributed by atoms with E-state index in [0.717, 1.165) is 12.2 Å². The van der Waals surface area contributed by atoms with Crippen LogP contribution in [0.3, 0.4) is 0 Å². The van der Waals surface area contributed by atoms with E-state index in [1.165, 1.54) is 50.0 Å². The lowest BCUT2D eigenvalue weighted by Gasteiger charge is -2.40. The molecule has 2 atom stereocenters. The highest BCUT2D eigenvalue weighted by Gasteiger charge is 2.32. The summed E-state index contributed by atoms with van der Waals surface area (Å²) in [6.45, 7) is 4.44. The van der Waals surface area contributed by atoms with Crippen LogP contribution >= 0.6 is 0 Å². The first-order valence-corrected chi connectivity index (χ1v) is 8.13. The predicted molar refractivity (Wildman–Crippen MR) is 83.7 cm³/mol. The number of piperidine rings is 1. The van der Waals surface area contributed by atoms with Gasteiger partial charge in [-0.05, 0) is 63.3 Å². The first-order valence-electron chi connectivity index (χ1n) is 8.13. The fraction of sp³-hybridized carbons (Fsp3) is 0.625. The molecule has 0 aliphatic carbocycles. The highest BCUT2D eigenvalue weighted by Crippen LogP contribution is 2.30. The van der Waals surface area contributed by atoms with Crippen molar-refractivity contribution in [2.24, 2.45) is 0 Å². The molecular weight excluding hydrogens is 262 g/mol. The van der Waals surface area contributed by atoms with Gasteiger partial charge in [-0.3, -0.25) is 0 Å². The third-order valence-corrected chi connectivity index (χ3v) is 4.91. The van der Waals surface area contributed by atoms with Gasteiger partial charge in [-0.1, -0.05) is 0 Å². The lowest BCUT2D eigenvalue weighted by atomic mass is 9.94. The first-order chi connectivity index (χ1) is 10.3. The van der Waals surface area contributed by atoms with E-state index in [0.29, 0.717) is 12.1 Å². The van der Waals surface area contributed by atoms with E-state index < -0.39 is 0 Å². The predicted octanol–water partition coefficient (Wildman–Crippen LogP) is 2.15. The molecule has 2 saturated heterocycles.